The summed E-state index contributed by atoms with van der Waals surface area (Å²) in [6.45, 7) is -0.337. The first-order valence-electron chi connectivity index (χ1n) is 1.57. The predicted octanol–water partition coefficient (Wildman–Crippen LogP) is -5.91. The summed E-state index contributed by atoms with van der Waals surface area (Å²) in [7, 11) is 0. The maximum atomic E-state index is 9.55. The lowest BCUT2D eigenvalue weighted by molar-refractivity contribution is -1.63. The van der Waals surface area contributed by atoms with E-state index in [2.05, 4.69) is 3.07 Å². The van der Waals surface area contributed by atoms with Crippen molar-refractivity contribution in [3.8, 4) is 0 Å². The Morgan fingerprint density at radius 2 is 2.14 bits per heavy atom. The molecule has 7 heavy (non-hydrogen) atoms. The fraction of sp³-hybridized carbons (Fsp3) is 1.00. The van der Waals surface area contributed by atoms with E-state index in [4.69, 9.17) is 5.11 Å². The average molecular weight is 220 g/mol. The summed E-state index contributed by atoms with van der Waals surface area (Å²) >= 11 is -3.49. The lowest BCUT2D eigenvalue weighted by Crippen LogP contribution is -3.99. The molecular formula is C2H5IO4. The van der Waals surface area contributed by atoms with Gasteiger partial charge >= 0.3 is 21.1 Å². The molecule has 0 amide bonds. The molecule has 0 aliphatic rings. The molecule has 0 aromatic carbocycles. The van der Waals surface area contributed by atoms with E-state index in [1.807, 2.05) is 0 Å². The van der Waals surface area contributed by atoms with Crippen molar-refractivity contribution in [1.29, 1.82) is 0 Å². The Balaban J connectivity index is 2.68. The van der Waals surface area contributed by atoms with Crippen LogP contribution in [0.3, 0.4) is 0 Å². The molecule has 0 radical (unpaired) electrons. The molecule has 0 heterocycles. The van der Waals surface area contributed by atoms with Gasteiger partial charge in [0, 0.05) is 0 Å². The number of halogens is 1. The smallest absolute Gasteiger partial charge is 0.396 e. The average Bonchev–Trinajstić information content (AvgIpc) is 1.61. The topological polar surface area (TPSA) is 75.6 Å². The van der Waals surface area contributed by atoms with Crippen LogP contribution in [0.4, 0.5) is 0 Å². The molecule has 4 nitrogen and oxygen atoms in total. The van der Waals surface area contributed by atoms with Crippen molar-refractivity contribution >= 4 is 0 Å². The Kier molecular flexibility index (Phi) is 5.11. The van der Waals surface area contributed by atoms with E-state index >= 15 is 0 Å². The van der Waals surface area contributed by atoms with Crippen molar-refractivity contribution in [1.82, 2.24) is 0 Å². The number of aliphatic hydroxyl groups excluding tert-OH is 1. The molecule has 0 atom stereocenters. The summed E-state index contributed by atoms with van der Waals surface area (Å²) in [4.78, 5) is 0. The fourth-order valence-corrected chi connectivity index (χ4v) is 0.654. The third kappa shape index (κ3) is 6.57. The third-order valence-electron chi connectivity index (χ3n) is 0.258. The molecule has 0 unspecified atom stereocenters. The van der Waals surface area contributed by atoms with Crippen LogP contribution in [0.1, 0.15) is 0 Å². The van der Waals surface area contributed by atoms with Crippen LogP contribution in [-0.4, -0.2) is 18.3 Å². The van der Waals surface area contributed by atoms with Gasteiger partial charge in [0.05, 0.1) is 6.61 Å². The van der Waals surface area contributed by atoms with Gasteiger partial charge in [-0.3, -0.25) is 0 Å². The SMILES string of the molecule is [O-][I+2]([O-])OCCO. The van der Waals surface area contributed by atoms with E-state index in [1.165, 1.54) is 0 Å². The Bertz CT molecular complexity index is 38.7. The molecule has 0 saturated heterocycles. The zero-order valence-electron chi connectivity index (χ0n) is 3.46. The predicted molar refractivity (Wildman–Crippen MR) is 13.0 cm³/mol. The van der Waals surface area contributed by atoms with Gasteiger partial charge in [-0.25, -0.2) is 0 Å². The molecule has 0 saturated carbocycles. The van der Waals surface area contributed by atoms with E-state index < -0.39 is 21.1 Å². The lowest BCUT2D eigenvalue weighted by atomic mass is 10.8. The minimum atomic E-state index is -3.49. The first kappa shape index (κ1) is 7.57. The van der Waals surface area contributed by atoms with E-state index in [0.717, 1.165) is 0 Å². The van der Waals surface area contributed by atoms with Gasteiger partial charge in [-0.1, -0.05) is 0 Å². The second kappa shape index (κ2) is 4.72. The highest BCUT2D eigenvalue weighted by Crippen LogP contribution is 1.48. The molecule has 0 bridgehead atoms. The van der Waals surface area contributed by atoms with Gasteiger partial charge in [-0.05, 0) is 3.07 Å². The minimum Gasteiger partial charge on any atom is -0.396 e. The first-order valence-corrected chi connectivity index (χ1v) is 4.21. The number of rotatable bonds is 3. The molecule has 0 fully saturated rings. The van der Waals surface area contributed by atoms with Gasteiger partial charge in [-0.2, -0.15) is 0 Å². The molecule has 44 valence electrons. The van der Waals surface area contributed by atoms with Gasteiger partial charge in [0.2, 0.25) is 0 Å². The Hall–Kier alpha value is 0.570. The highest BCUT2D eigenvalue weighted by molar-refractivity contribution is 4.09. The summed E-state index contributed by atoms with van der Waals surface area (Å²) in [5.41, 5.74) is 0. The molecule has 0 spiro atoms. The highest BCUT2D eigenvalue weighted by atomic mass is 127. The summed E-state index contributed by atoms with van der Waals surface area (Å²) in [5, 5.41) is 7.94. The summed E-state index contributed by atoms with van der Waals surface area (Å²) < 4.78 is 23.1. The maximum absolute atomic E-state index is 9.55. The van der Waals surface area contributed by atoms with Crippen molar-refractivity contribution in [2.75, 3.05) is 13.2 Å². The Morgan fingerprint density at radius 3 is 2.29 bits per heavy atom. The fourth-order valence-electron chi connectivity index (χ4n) is 0.0975. The van der Waals surface area contributed by atoms with Crippen molar-refractivity contribution in [3.05, 3.63) is 0 Å². The van der Waals surface area contributed by atoms with Crippen LogP contribution in [0, 0.1) is 0 Å². The minimum absolute atomic E-state index is 0.0994. The summed E-state index contributed by atoms with van der Waals surface area (Å²) in [6.07, 6.45) is 0. The van der Waals surface area contributed by atoms with Gasteiger partial charge in [0.25, 0.3) is 0 Å². The Morgan fingerprint density at radius 1 is 1.57 bits per heavy atom. The quantitative estimate of drug-likeness (QED) is 0.480. The maximum Gasteiger partial charge on any atom is 0.506 e. The summed E-state index contributed by atoms with van der Waals surface area (Å²) in [6, 6.07) is 0. The van der Waals surface area contributed by atoms with Crippen LogP contribution in [0.5, 0.6) is 0 Å². The van der Waals surface area contributed by atoms with Crippen LogP contribution in [-0.2, 0) is 3.07 Å². The monoisotopic (exact) mass is 220 g/mol. The van der Waals surface area contributed by atoms with Crippen molar-refractivity contribution in [3.63, 3.8) is 0 Å². The molecular weight excluding hydrogens is 215 g/mol. The third-order valence-corrected chi connectivity index (χ3v) is 1.21. The van der Waals surface area contributed by atoms with Crippen LogP contribution < -0.4 is 27.9 Å². The van der Waals surface area contributed by atoms with Crippen LogP contribution >= 0.6 is 0 Å². The molecule has 5 heteroatoms. The summed E-state index contributed by atoms with van der Waals surface area (Å²) in [5.74, 6) is 0. The van der Waals surface area contributed by atoms with Crippen molar-refractivity contribution < 1.29 is 36.1 Å². The van der Waals surface area contributed by atoms with Crippen molar-refractivity contribution in [2.24, 2.45) is 0 Å². The zero-order chi connectivity index (χ0) is 5.70. The van der Waals surface area contributed by atoms with Gasteiger partial charge < -0.3 is 12.0 Å². The largest absolute Gasteiger partial charge is 0.506 e. The first-order chi connectivity index (χ1) is 3.27. The van der Waals surface area contributed by atoms with E-state index in [1.54, 1.807) is 0 Å². The van der Waals surface area contributed by atoms with Crippen molar-refractivity contribution in [2.45, 2.75) is 0 Å². The number of hydrogen-bond acceptors (Lipinski definition) is 4. The number of aliphatic hydroxyl groups is 1. The molecule has 0 rings (SSSR count). The molecule has 1 N–H and O–H groups in total. The van der Waals surface area contributed by atoms with E-state index in [0.29, 0.717) is 0 Å². The van der Waals surface area contributed by atoms with E-state index in [9.17, 15) is 6.87 Å². The molecule has 0 aliphatic carbocycles. The van der Waals surface area contributed by atoms with Gasteiger partial charge in [-0.15, -0.1) is 0 Å². The normalized spacial score (nSPS) is 10.3. The second-order valence-corrected chi connectivity index (χ2v) is 2.43. The Labute approximate surface area is 49.8 Å². The van der Waals surface area contributed by atoms with Crippen LogP contribution in [0.2, 0.25) is 0 Å². The van der Waals surface area contributed by atoms with Gasteiger partial charge in [0.1, 0.15) is 0 Å². The van der Waals surface area contributed by atoms with Crippen LogP contribution in [0.25, 0.3) is 0 Å². The van der Waals surface area contributed by atoms with Crippen LogP contribution in [0.15, 0.2) is 0 Å². The standard InChI is InChI=1S/C2H5IO4/c4-1-2-7-3(5)6/h4H,1-2H2. The molecule has 0 aromatic heterocycles. The van der Waals surface area contributed by atoms with Gasteiger partial charge in [0.15, 0.2) is 6.61 Å². The number of hydrogen-bond donors (Lipinski definition) is 1. The molecule has 0 aromatic rings. The second-order valence-electron chi connectivity index (χ2n) is 0.726. The molecule has 0 aliphatic heterocycles. The highest BCUT2D eigenvalue weighted by Gasteiger charge is 2.08. The zero-order valence-corrected chi connectivity index (χ0v) is 5.62. The van der Waals surface area contributed by atoms with E-state index in [-0.39, 0.29) is 13.2 Å². The lowest BCUT2D eigenvalue weighted by Gasteiger charge is -1.85.